The van der Waals surface area contributed by atoms with Crippen molar-refractivity contribution in [3.05, 3.63) is 46.0 Å². The van der Waals surface area contributed by atoms with Gasteiger partial charge in [-0.2, -0.15) is 0 Å². The highest BCUT2D eigenvalue weighted by Gasteiger charge is 2.29. The topological polar surface area (TPSA) is 90.5 Å². The van der Waals surface area contributed by atoms with Gasteiger partial charge >= 0.3 is 5.97 Å². The molecule has 0 spiro atoms. The van der Waals surface area contributed by atoms with Crippen LogP contribution in [0, 0.1) is 11.7 Å². The molecule has 2 N–H and O–H groups in total. The van der Waals surface area contributed by atoms with E-state index in [-0.39, 0.29) is 17.6 Å². The lowest BCUT2D eigenvalue weighted by Gasteiger charge is -2.31. The van der Waals surface area contributed by atoms with Crippen LogP contribution in [0.3, 0.4) is 0 Å². The summed E-state index contributed by atoms with van der Waals surface area (Å²) in [6, 6.07) is 4.98. The standard InChI is InChI=1S/C16H15FN2O4/c17-10-3-4-11-12(7-14(20)18-13(11)6-10)15(21)19-5-1-2-9(8-19)16(22)23/h3-4,6-7,9H,1-2,5,8H2,(H,18,20)(H,22,23)/t9-/m1/s1. The normalized spacial score (nSPS) is 18.1. The maximum absolute atomic E-state index is 13.3. The van der Waals surface area contributed by atoms with Crippen LogP contribution in [0.1, 0.15) is 23.2 Å². The number of amides is 1. The Morgan fingerprint density at radius 2 is 2.09 bits per heavy atom. The number of piperidine rings is 1. The van der Waals surface area contributed by atoms with Crippen LogP contribution in [0.4, 0.5) is 4.39 Å². The van der Waals surface area contributed by atoms with E-state index in [0.717, 1.165) is 6.07 Å². The lowest BCUT2D eigenvalue weighted by molar-refractivity contribution is -0.143. The third-order valence-electron chi connectivity index (χ3n) is 4.09. The van der Waals surface area contributed by atoms with E-state index in [2.05, 4.69) is 4.98 Å². The molecule has 1 fully saturated rings. The molecule has 0 aliphatic carbocycles. The molecule has 2 aromatic rings. The zero-order valence-corrected chi connectivity index (χ0v) is 12.2. The molecule has 1 atom stereocenters. The zero-order valence-electron chi connectivity index (χ0n) is 12.2. The molecule has 0 bridgehead atoms. The van der Waals surface area contributed by atoms with Gasteiger partial charge < -0.3 is 15.0 Å². The van der Waals surface area contributed by atoms with Crippen molar-refractivity contribution >= 4 is 22.8 Å². The van der Waals surface area contributed by atoms with E-state index in [1.807, 2.05) is 0 Å². The SMILES string of the molecule is O=C(O)[C@@H]1CCCN(C(=O)c2cc(=O)[nH]c3cc(F)ccc23)C1. The fraction of sp³-hybridized carbons (Fsp3) is 0.312. The number of rotatable bonds is 2. The number of likely N-dealkylation sites (tertiary alicyclic amines) is 1. The summed E-state index contributed by atoms with van der Waals surface area (Å²) in [6.45, 7) is 0.557. The Labute approximate surface area is 130 Å². The molecule has 1 aliphatic rings. The van der Waals surface area contributed by atoms with Crippen molar-refractivity contribution in [2.75, 3.05) is 13.1 Å². The van der Waals surface area contributed by atoms with Gasteiger partial charge in [0.25, 0.3) is 5.91 Å². The largest absolute Gasteiger partial charge is 0.481 e. The molecule has 2 heterocycles. The first-order valence-electron chi connectivity index (χ1n) is 7.30. The van der Waals surface area contributed by atoms with E-state index in [9.17, 15) is 18.8 Å². The molecule has 0 saturated carbocycles. The van der Waals surface area contributed by atoms with Crippen LogP contribution >= 0.6 is 0 Å². The summed E-state index contributed by atoms with van der Waals surface area (Å²) in [5.41, 5.74) is -0.0966. The van der Waals surface area contributed by atoms with Crippen LogP contribution in [0.5, 0.6) is 0 Å². The molecule has 7 heteroatoms. The van der Waals surface area contributed by atoms with Crippen molar-refractivity contribution in [1.82, 2.24) is 9.88 Å². The summed E-state index contributed by atoms with van der Waals surface area (Å²) >= 11 is 0. The summed E-state index contributed by atoms with van der Waals surface area (Å²) in [5.74, 6) is -2.45. The molecule has 1 amide bonds. The number of carbonyl (C=O) groups excluding carboxylic acids is 1. The van der Waals surface area contributed by atoms with Crippen molar-refractivity contribution < 1.29 is 19.1 Å². The molecule has 1 aromatic carbocycles. The number of pyridine rings is 1. The number of nitrogens with one attached hydrogen (secondary N) is 1. The monoisotopic (exact) mass is 318 g/mol. The molecule has 1 saturated heterocycles. The highest BCUT2D eigenvalue weighted by atomic mass is 19.1. The van der Waals surface area contributed by atoms with Gasteiger partial charge in [-0.1, -0.05) is 0 Å². The maximum Gasteiger partial charge on any atom is 0.308 e. The molecular weight excluding hydrogens is 303 g/mol. The molecule has 0 radical (unpaired) electrons. The van der Waals surface area contributed by atoms with Crippen LogP contribution in [0.25, 0.3) is 10.9 Å². The lowest BCUT2D eigenvalue weighted by atomic mass is 9.97. The number of fused-ring (bicyclic) bond motifs is 1. The van der Waals surface area contributed by atoms with Crippen molar-refractivity contribution in [2.24, 2.45) is 5.92 Å². The van der Waals surface area contributed by atoms with Crippen molar-refractivity contribution in [2.45, 2.75) is 12.8 Å². The average Bonchev–Trinajstić information content (AvgIpc) is 2.53. The fourth-order valence-electron chi connectivity index (χ4n) is 2.94. The number of H-pyrrole nitrogens is 1. The summed E-state index contributed by atoms with van der Waals surface area (Å²) in [7, 11) is 0. The van der Waals surface area contributed by atoms with E-state index in [1.165, 1.54) is 23.1 Å². The smallest absolute Gasteiger partial charge is 0.308 e. The number of carboxylic acids is 1. The summed E-state index contributed by atoms with van der Waals surface area (Å²) < 4.78 is 13.3. The van der Waals surface area contributed by atoms with Gasteiger partial charge in [-0.25, -0.2) is 4.39 Å². The molecule has 3 rings (SSSR count). The number of hydrogen-bond acceptors (Lipinski definition) is 3. The second-order valence-electron chi connectivity index (χ2n) is 5.67. The van der Waals surface area contributed by atoms with Crippen molar-refractivity contribution in [3.63, 3.8) is 0 Å². The van der Waals surface area contributed by atoms with E-state index in [0.29, 0.717) is 24.8 Å². The Hall–Kier alpha value is -2.70. The Bertz CT molecular complexity index is 846. The van der Waals surface area contributed by atoms with Crippen LogP contribution in [-0.2, 0) is 4.79 Å². The second-order valence-corrected chi connectivity index (χ2v) is 5.67. The number of carbonyl (C=O) groups is 2. The number of aromatic amines is 1. The first-order chi connectivity index (χ1) is 11.0. The van der Waals surface area contributed by atoms with Gasteiger partial charge in [-0.15, -0.1) is 0 Å². The van der Waals surface area contributed by atoms with Crippen molar-refractivity contribution in [3.8, 4) is 0 Å². The lowest BCUT2D eigenvalue weighted by Crippen LogP contribution is -2.42. The highest BCUT2D eigenvalue weighted by molar-refractivity contribution is 6.06. The minimum Gasteiger partial charge on any atom is -0.481 e. The highest BCUT2D eigenvalue weighted by Crippen LogP contribution is 2.22. The number of benzene rings is 1. The molecular formula is C16H15FN2O4. The first-order valence-corrected chi connectivity index (χ1v) is 7.30. The Kier molecular flexibility index (Phi) is 3.85. The number of nitrogens with zero attached hydrogens (tertiary/aromatic N) is 1. The van der Waals surface area contributed by atoms with E-state index in [1.54, 1.807) is 0 Å². The number of aromatic nitrogens is 1. The number of hydrogen-bond donors (Lipinski definition) is 2. The molecule has 6 nitrogen and oxygen atoms in total. The molecule has 23 heavy (non-hydrogen) atoms. The Balaban J connectivity index is 2.00. The van der Waals surface area contributed by atoms with Gasteiger partial charge in [0.15, 0.2) is 0 Å². The molecule has 120 valence electrons. The Morgan fingerprint density at radius 3 is 2.83 bits per heavy atom. The van der Waals surface area contributed by atoms with Gasteiger partial charge in [0.2, 0.25) is 5.56 Å². The van der Waals surface area contributed by atoms with Gasteiger partial charge in [0.05, 0.1) is 17.0 Å². The predicted molar refractivity (Wildman–Crippen MR) is 80.8 cm³/mol. The van der Waals surface area contributed by atoms with Gasteiger partial charge in [0, 0.05) is 24.5 Å². The predicted octanol–water partition coefficient (Wildman–Crippen LogP) is 1.60. The number of carboxylic acid groups (broad SMARTS) is 1. The van der Waals surface area contributed by atoms with Gasteiger partial charge in [-0.3, -0.25) is 14.4 Å². The van der Waals surface area contributed by atoms with Crippen LogP contribution in [0.15, 0.2) is 29.1 Å². The third kappa shape index (κ3) is 2.94. The number of aliphatic carboxylic acids is 1. The summed E-state index contributed by atoms with van der Waals surface area (Å²) in [5, 5.41) is 9.56. The van der Waals surface area contributed by atoms with Crippen molar-refractivity contribution in [1.29, 1.82) is 0 Å². The van der Waals surface area contributed by atoms with E-state index in [4.69, 9.17) is 5.11 Å². The van der Waals surface area contributed by atoms with E-state index < -0.39 is 29.2 Å². The molecule has 0 unspecified atom stereocenters. The van der Waals surface area contributed by atoms with Gasteiger partial charge in [0.1, 0.15) is 5.82 Å². The zero-order chi connectivity index (χ0) is 16.6. The van der Waals surface area contributed by atoms with Crippen LogP contribution in [-0.4, -0.2) is 40.0 Å². The quantitative estimate of drug-likeness (QED) is 0.880. The van der Waals surface area contributed by atoms with E-state index >= 15 is 0 Å². The first kappa shape index (κ1) is 15.2. The second kappa shape index (κ2) is 5.83. The Morgan fingerprint density at radius 1 is 1.30 bits per heavy atom. The molecule has 1 aromatic heterocycles. The number of halogens is 1. The fourth-order valence-corrected chi connectivity index (χ4v) is 2.94. The van der Waals surface area contributed by atoms with Gasteiger partial charge in [-0.05, 0) is 31.0 Å². The minimum absolute atomic E-state index is 0.115. The summed E-state index contributed by atoms with van der Waals surface area (Å²) in [4.78, 5) is 39.5. The third-order valence-corrected chi connectivity index (χ3v) is 4.09. The minimum atomic E-state index is -0.930. The summed E-state index contributed by atoms with van der Waals surface area (Å²) in [6.07, 6.45) is 1.12. The maximum atomic E-state index is 13.3. The van der Waals surface area contributed by atoms with Crippen LogP contribution in [0.2, 0.25) is 0 Å². The van der Waals surface area contributed by atoms with Crippen LogP contribution < -0.4 is 5.56 Å². The average molecular weight is 318 g/mol. The molecule has 1 aliphatic heterocycles.